The van der Waals surface area contributed by atoms with Crippen LogP contribution >= 0.6 is 0 Å². The maximum atomic E-state index is 8.44. The average molecular weight is 205 g/mol. The maximum Gasteiger partial charge on any atom is 0.161 e. The van der Waals surface area contributed by atoms with Gasteiger partial charge in [-0.05, 0) is 24.6 Å². The van der Waals surface area contributed by atoms with Crippen molar-refractivity contribution < 1.29 is 5.21 Å². The SMILES string of the molecule is Cc1nnc2cc(C/C(N)=N/O)ccn12. The second-order valence-corrected chi connectivity index (χ2v) is 3.28. The molecule has 0 spiro atoms. The van der Waals surface area contributed by atoms with Crippen molar-refractivity contribution in [1.82, 2.24) is 14.6 Å². The fraction of sp³-hybridized carbons (Fsp3) is 0.222. The van der Waals surface area contributed by atoms with E-state index in [9.17, 15) is 0 Å². The van der Waals surface area contributed by atoms with Gasteiger partial charge in [0.2, 0.25) is 0 Å². The van der Waals surface area contributed by atoms with Gasteiger partial charge >= 0.3 is 0 Å². The molecular weight excluding hydrogens is 194 g/mol. The topological polar surface area (TPSA) is 88.8 Å². The van der Waals surface area contributed by atoms with Crippen molar-refractivity contribution in [1.29, 1.82) is 0 Å². The van der Waals surface area contributed by atoms with Gasteiger partial charge < -0.3 is 10.9 Å². The largest absolute Gasteiger partial charge is 0.409 e. The zero-order valence-electron chi connectivity index (χ0n) is 8.25. The summed E-state index contributed by atoms with van der Waals surface area (Å²) in [5.41, 5.74) is 7.11. The van der Waals surface area contributed by atoms with Crippen molar-refractivity contribution in [2.75, 3.05) is 0 Å². The third kappa shape index (κ3) is 1.74. The quantitative estimate of drug-likeness (QED) is 0.320. The van der Waals surface area contributed by atoms with Crippen LogP contribution in [0.25, 0.3) is 5.65 Å². The number of oxime groups is 1. The summed E-state index contributed by atoms with van der Waals surface area (Å²) in [4.78, 5) is 0. The number of rotatable bonds is 2. The van der Waals surface area contributed by atoms with Gasteiger partial charge in [0.15, 0.2) is 5.65 Å². The van der Waals surface area contributed by atoms with Crippen molar-refractivity contribution in [3.8, 4) is 0 Å². The third-order valence-corrected chi connectivity index (χ3v) is 2.16. The smallest absolute Gasteiger partial charge is 0.161 e. The Morgan fingerprint density at radius 3 is 3.13 bits per heavy atom. The van der Waals surface area contributed by atoms with Gasteiger partial charge in [-0.2, -0.15) is 0 Å². The number of fused-ring (bicyclic) bond motifs is 1. The normalized spacial score (nSPS) is 12.2. The molecule has 0 fully saturated rings. The van der Waals surface area contributed by atoms with Crippen molar-refractivity contribution in [3.05, 3.63) is 29.7 Å². The lowest BCUT2D eigenvalue weighted by molar-refractivity contribution is 0.317. The van der Waals surface area contributed by atoms with Gasteiger partial charge in [0.05, 0.1) is 0 Å². The molecule has 0 aromatic carbocycles. The molecule has 0 aliphatic rings. The van der Waals surface area contributed by atoms with Gasteiger partial charge in [-0.3, -0.25) is 4.40 Å². The zero-order valence-corrected chi connectivity index (χ0v) is 8.25. The summed E-state index contributed by atoms with van der Waals surface area (Å²) in [6, 6.07) is 3.75. The molecule has 0 saturated carbocycles. The highest BCUT2D eigenvalue weighted by Gasteiger charge is 2.03. The zero-order chi connectivity index (χ0) is 10.8. The first-order valence-corrected chi connectivity index (χ1v) is 4.47. The second-order valence-electron chi connectivity index (χ2n) is 3.28. The summed E-state index contributed by atoms with van der Waals surface area (Å²) < 4.78 is 1.87. The summed E-state index contributed by atoms with van der Waals surface area (Å²) in [5, 5.41) is 19.3. The number of pyridine rings is 1. The van der Waals surface area contributed by atoms with Gasteiger partial charge in [-0.25, -0.2) is 0 Å². The summed E-state index contributed by atoms with van der Waals surface area (Å²) in [6.45, 7) is 1.88. The standard InChI is InChI=1S/C9H11N5O/c1-6-11-12-9-5-7(2-3-14(6)9)4-8(10)13-15/h2-3,5,15H,4H2,1H3,(H2,10,13). The van der Waals surface area contributed by atoms with Gasteiger partial charge in [-0.15, -0.1) is 10.2 Å². The molecule has 0 unspecified atom stereocenters. The molecule has 2 aromatic heterocycles. The Kier molecular flexibility index (Phi) is 2.24. The van der Waals surface area contributed by atoms with Crippen LogP contribution in [0.5, 0.6) is 0 Å². The Morgan fingerprint density at radius 2 is 2.40 bits per heavy atom. The molecule has 0 atom stereocenters. The number of amidine groups is 1. The summed E-state index contributed by atoms with van der Waals surface area (Å²) in [5.74, 6) is 1.01. The lowest BCUT2D eigenvalue weighted by Crippen LogP contribution is -2.14. The molecule has 0 amide bonds. The Hall–Kier alpha value is -2.11. The first-order chi connectivity index (χ1) is 7.20. The molecule has 2 aromatic rings. The van der Waals surface area contributed by atoms with E-state index in [0.717, 1.165) is 17.0 Å². The van der Waals surface area contributed by atoms with Crippen LogP contribution in [0, 0.1) is 6.92 Å². The lowest BCUT2D eigenvalue weighted by Gasteiger charge is -2.00. The van der Waals surface area contributed by atoms with E-state index < -0.39 is 0 Å². The molecule has 0 bridgehead atoms. The fourth-order valence-electron chi connectivity index (χ4n) is 1.41. The van der Waals surface area contributed by atoms with Crippen LogP contribution in [0.2, 0.25) is 0 Å². The van der Waals surface area contributed by atoms with Crippen molar-refractivity contribution in [2.24, 2.45) is 10.9 Å². The Bertz CT molecular complexity index is 516. The van der Waals surface area contributed by atoms with E-state index >= 15 is 0 Å². The predicted molar refractivity (Wildman–Crippen MR) is 54.8 cm³/mol. The number of aromatic nitrogens is 3. The van der Waals surface area contributed by atoms with Crippen LogP contribution < -0.4 is 5.73 Å². The number of aryl methyl sites for hydroxylation is 1. The predicted octanol–water partition coefficient (Wildman–Crippen LogP) is 0.327. The first kappa shape index (κ1) is 9.45. The van der Waals surface area contributed by atoms with Crippen LogP contribution in [0.3, 0.4) is 0 Å². The number of hydrogen-bond acceptors (Lipinski definition) is 4. The van der Waals surface area contributed by atoms with Gasteiger partial charge in [0.1, 0.15) is 11.7 Å². The highest BCUT2D eigenvalue weighted by atomic mass is 16.4. The molecule has 2 rings (SSSR count). The number of nitrogens with two attached hydrogens (primary N) is 1. The Morgan fingerprint density at radius 1 is 1.60 bits per heavy atom. The van der Waals surface area contributed by atoms with E-state index in [1.165, 1.54) is 0 Å². The minimum Gasteiger partial charge on any atom is -0.409 e. The van der Waals surface area contributed by atoms with Crippen molar-refractivity contribution in [2.45, 2.75) is 13.3 Å². The molecule has 15 heavy (non-hydrogen) atoms. The molecule has 3 N–H and O–H groups in total. The minimum absolute atomic E-state index is 0.176. The molecule has 6 nitrogen and oxygen atoms in total. The first-order valence-electron chi connectivity index (χ1n) is 4.47. The minimum atomic E-state index is 0.176. The van der Waals surface area contributed by atoms with Gasteiger partial charge in [0, 0.05) is 12.6 Å². The molecular formula is C9H11N5O. The highest BCUT2D eigenvalue weighted by Crippen LogP contribution is 2.07. The monoisotopic (exact) mass is 205 g/mol. The summed E-state index contributed by atoms with van der Waals surface area (Å²) >= 11 is 0. The summed E-state index contributed by atoms with van der Waals surface area (Å²) in [7, 11) is 0. The van der Waals surface area contributed by atoms with E-state index in [-0.39, 0.29) is 5.84 Å². The Balaban J connectivity index is 2.39. The Labute approximate surface area is 86.0 Å². The molecule has 2 heterocycles. The molecule has 0 aliphatic heterocycles. The molecule has 0 radical (unpaired) electrons. The van der Waals surface area contributed by atoms with Crippen LogP contribution in [0.1, 0.15) is 11.4 Å². The van der Waals surface area contributed by atoms with E-state index in [0.29, 0.717) is 6.42 Å². The van der Waals surface area contributed by atoms with Crippen LogP contribution in [-0.2, 0) is 6.42 Å². The third-order valence-electron chi connectivity index (χ3n) is 2.16. The molecule has 0 aliphatic carbocycles. The van der Waals surface area contributed by atoms with Crippen LogP contribution in [-0.4, -0.2) is 25.6 Å². The van der Waals surface area contributed by atoms with Crippen LogP contribution in [0.15, 0.2) is 23.5 Å². The molecule has 78 valence electrons. The highest BCUT2D eigenvalue weighted by molar-refractivity contribution is 5.82. The van der Waals surface area contributed by atoms with Crippen LogP contribution in [0.4, 0.5) is 0 Å². The second kappa shape index (κ2) is 3.56. The van der Waals surface area contributed by atoms with Gasteiger partial charge in [0.25, 0.3) is 0 Å². The average Bonchev–Trinajstić information content (AvgIpc) is 2.60. The molecule has 6 heteroatoms. The molecule has 0 saturated heterocycles. The number of nitrogens with zero attached hydrogens (tertiary/aromatic N) is 4. The van der Waals surface area contributed by atoms with Crippen molar-refractivity contribution in [3.63, 3.8) is 0 Å². The van der Waals surface area contributed by atoms with E-state index in [2.05, 4.69) is 15.4 Å². The maximum absolute atomic E-state index is 8.44. The number of hydrogen-bond donors (Lipinski definition) is 2. The van der Waals surface area contributed by atoms with E-state index in [1.54, 1.807) is 0 Å². The van der Waals surface area contributed by atoms with E-state index in [1.807, 2.05) is 29.7 Å². The lowest BCUT2D eigenvalue weighted by atomic mass is 10.2. The fourth-order valence-corrected chi connectivity index (χ4v) is 1.41. The van der Waals surface area contributed by atoms with Crippen molar-refractivity contribution >= 4 is 11.5 Å². The van der Waals surface area contributed by atoms with E-state index in [4.69, 9.17) is 10.9 Å². The summed E-state index contributed by atoms with van der Waals surface area (Å²) in [6.07, 6.45) is 2.27. The van der Waals surface area contributed by atoms with Gasteiger partial charge in [-0.1, -0.05) is 5.16 Å².